The minimum atomic E-state index is -0.207. The summed E-state index contributed by atoms with van der Waals surface area (Å²) in [6, 6.07) is 9.25. The van der Waals surface area contributed by atoms with Crippen molar-refractivity contribution in [2.45, 2.75) is 26.2 Å². The maximum Gasteiger partial charge on any atom is 0.272 e. The fraction of sp³-hybridized carbons (Fsp3) is 0.389. The van der Waals surface area contributed by atoms with Crippen molar-refractivity contribution in [1.82, 2.24) is 14.9 Å². The van der Waals surface area contributed by atoms with Gasteiger partial charge in [0.2, 0.25) is 5.95 Å². The number of benzene rings is 1. The van der Waals surface area contributed by atoms with Crippen molar-refractivity contribution >= 4 is 11.9 Å². The van der Waals surface area contributed by atoms with E-state index in [1.165, 1.54) is 17.7 Å². The predicted molar refractivity (Wildman–Crippen MR) is 94.9 cm³/mol. The zero-order valence-electron chi connectivity index (χ0n) is 14.5. The number of carbonyl (C=O) groups is 1. The predicted octanol–water partition coefficient (Wildman–Crippen LogP) is 3.00. The van der Waals surface area contributed by atoms with Gasteiger partial charge in [0.1, 0.15) is 11.4 Å². The molecule has 6 nitrogen and oxygen atoms in total. The Bertz CT molecular complexity index is 684. The fourth-order valence-corrected chi connectivity index (χ4v) is 2.22. The van der Waals surface area contributed by atoms with Crippen molar-refractivity contribution in [2.24, 2.45) is 0 Å². The van der Waals surface area contributed by atoms with Gasteiger partial charge >= 0.3 is 0 Å². The van der Waals surface area contributed by atoms with Gasteiger partial charge < -0.3 is 15.4 Å². The topological polar surface area (TPSA) is 81.3 Å². The molecule has 0 unspecified atom stereocenters. The third kappa shape index (κ3) is 4.68. The molecule has 1 aromatic heterocycles. The highest BCUT2D eigenvalue weighted by Gasteiger charge is 2.13. The Labute approximate surface area is 142 Å². The summed E-state index contributed by atoms with van der Waals surface area (Å²) in [4.78, 5) is 21.7. The Morgan fingerprint density at radius 2 is 1.88 bits per heavy atom. The molecule has 1 aromatic carbocycles. The van der Waals surface area contributed by atoms with Crippen LogP contribution in [-0.4, -0.2) is 41.5 Å². The number of carbonyl (C=O) groups excluding carboxylic acids is 1. The van der Waals surface area contributed by atoms with E-state index in [-0.39, 0.29) is 17.5 Å². The third-order valence-electron chi connectivity index (χ3n) is 3.54. The van der Waals surface area contributed by atoms with Crippen LogP contribution < -0.4 is 10.5 Å². The number of anilines is 1. The van der Waals surface area contributed by atoms with Gasteiger partial charge in [-0.1, -0.05) is 19.8 Å². The van der Waals surface area contributed by atoms with Crippen LogP contribution in [0.25, 0.3) is 11.3 Å². The van der Waals surface area contributed by atoms with E-state index in [0.29, 0.717) is 5.69 Å². The number of amides is 1. The first kappa shape index (κ1) is 17.7. The number of unbranched alkanes of at least 4 members (excludes halogenated alkanes) is 2. The van der Waals surface area contributed by atoms with Gasteiger partial charge in [-0.3, -0.25) is 4.79 Å². The van der Waals surface area contributed by atoms with Crippen LogP contribution in [0.1, 0.15) is 36.7 Å². The normalized spacial score (nSPS) is 10.5. The lowest BCUT2D eigenvalue weighted by molar-refractivity contribution is 0.0822. The number of nitrogens with two attached hydrogens (primary N) is 1. The lowest BCUT2D eigenvalue weighted by Crippen LogP contribution is -2.23. The summed E-state index contributed by atoms with van der Waals surface area (Å²) < 4.78 is 5.70. The maximum atomic E-state index is 12.1. The Morgan fingerprint density at radius 1 is 1.17 bits per heavy atom. The number of hydrogen-bond acceptors (Lipinski definition) is 5. The highest BCUT2D eigenvalue weighted by Crippen LogP contribution is 2.22. The average molecular weight is 328 g/mol. The maximum absolute atomic E-state index is 12.1. The molecule has 0 atom stereocenters. The van der Waals surface area contributed by atoms with E-state index in [9.17, 15) is 4.79 Å². The molecule has 6 heteroatoms. The largest absolute Gasteiger partial charge is 0.494 e. The van der Waals surface area contributed by atoms with Gasteiger partial charge in [0.15, 0.2) is 0 Å². The highest BCUT2D eigenvalue weighted by molar-refractivity contribution is 5.93. The number of nitrogens with zero attached hydrogens (tertiary/aromatic N) is 3. The molecule has 2 aromatic rings. The summed E-state index contributed by atoms with van der Waals surface area (Å²) in [7, 11) is 3.34. The van der Waals surface area contributed by atoms with Gasteiger partial charge in [0, 0.05) is 19.7 Å². The summed E-state index contributed by atoms with van der Waals surface area (Å²) in [5.41, 5.74) is 7.50. The van der Waals surface area contributed by atoms with Crippen molar-refractivity contribution in [3.63, 3.8) is 0 Å². The molecule has 1 amide bonds. The van der Waals surface area contributed by atoms with Gasteiger partial charge in [-0.25, -0.2) is 9.97 Å². The second-order valence-corrected chi connectivity index (χ2v) is 5.78. The van der Waals surface area contributed by atoms with Crippen LogP contribution in [0.2, 0.25) is 0 Å². The first-order chi connectivity index (χ1) is 11.5. The Kier molecular flexibility index (Phi) is 6.12. The second kappa shape index (κ2) is 8.29. The number of hydrogen-bond donors (Lipinski definition) is 1. The molecule has 24 heavy (non-hydrogen) atoms. The van der Waals surface area contributed by atoms with E-state index < -0.39 is 0 Å². The monoisotopic (exact) mass is 328 g/mol. The van der Waals surface area contributed by atoms with Crippen LogP contribution in [0.5, 0.6) is 5.75 Å². The van der Waals surface area contributed by atoms with E-state index in [0.717, 1.165) is 24.3 Å². The Balaban J connectivity index is 2.15. The molecule has 2 rings (SSSR count). The molecular weight excluding hydrogens is 304 g/mol. The van der Waals surface area contributed by atoms with Crippen molar-refractivity contribution in [3.05, 3.63) is 36.0 Å². The quantitative estimate of drug-likeness (QED) is 0.790. The number of aromatic nitrogens is 2. The Morgan fingerprint density at radius 3 is 2.50 bits per heavy atom. The molecule has 0 radical (unpaired) electrons. The summed E-state index contributed by atoms with van der Waals surface area (Å²) in [5, 5.41) is 0. The van der Waals surface area contributed by atoms with Gasteiger partial charge in [-0.2, -0.15) is 0 Å². The molecule has 0 aliphatic rings. The van der Waals surface area contributed by atoms with Crippen LogP contribution >= 0.6 is 0 Å². The summed E-state index contributed by atoms with van der Waals surface area (Å²) in [5.74, 6) is 0.695. The molecule has 1 heterocycles. The van der Waals surface area contributed by atoms with Crippen molar-refractivity contribution in [1.29, 1.82) is 0 Å². The van der Waals surface area contributed by atoms with Crippen molar-refractivity contribution < 1.29 is 9.53 Å². The molecule has 0 fully saturated rings. The first-order valence-electron chi connectivity index (χ1n) is 8.10. The lowest BCUT2D eigenvalue weighted by Gasteiger charge is -2.11. The van der Waals surface area contributed by atoms with Gasteiger partial charge in [-0.15, -0.1) is 0 Å². The smallest absolute Gasteiger partial charge is 0.272 e. The summed E-state index contributed by atoms with van der Waals surface area (Å²) in [6.07, 6.45) is 3.39. The zero-order chi connectivity index (χ0) is 17.5. The molecule has 0 saturated heterocycles. The van der Waals surface area contributed by atoms with Crippen LogP contribution in [-0.2, 0) is 0 Å². The van der Waals surface area contributed by atoms with Gasteiger partial charge in [-0.05, 0) is 36.8 Å². The first-order valence-corrected chi connectivity index (χ1v) is 8.10. The zero-order valence-corrected chi connectivity index (χ0v) is 14.5. The van der Waals surface area contributed by atoms with E-state index in [2.05, 4.69) is 16.9 Å². The SMILES string of the molecule is CCCCCOc1ccc(-c2cc(C(=O)N(C)C)nc(N)n2)cc1. The van der Waals surface area contributed by atoms with Gasteiger partial charge in [0.25, 0.3) is 5.91 Å². The van der Waals surface area contributed by atoms with Crippen LogP contribution in [0.3, 0.4) is 0 Å². The number of ether oxygens (including phenoxy) is 1. The molecule has 0 bridgehead atoms. The van der Waals surface area contributed by atoms with Gasteiger partial charge in [0.05, 0.1) is 12.3 Å². The second-order valence-electron chi connectivity index (χ2n) is 5.78. The molecule has 0 aliphatic carbocycles. The number of rotatable bonds is 7. The van der Waals surface area contributed by atoms with Crippen molar-refractivity contribution in [3.8, 4) is 17.0 Å². The third-order valence-corrected chi connectivity index (χ3v) is 3.54. The van der Waals surface area contributed by atoms with Crippen LogP contribution in [0.4, 0.5) is 5.95 Å². The molecule has 0 aliphatic heterocycles. The number of nitrogen functional groups attached to an aromatic ring is 1. The summed E-state index contributed by atoms with van der Waals surface area (Å²) in [6.45, 7) is 2.88. The molecule has 2 N–H and O–H groups in total. The minimum Gasteiger partial charge on any atom is -0.494 e. The minimum absolute atomic E-state index is 0.0811. The van der Waals surface area contributed by atoms with E-state index >= 15 is 0 Å². The fourth-order valence-electron chi connectivity index (χ4n) is 2.22. The van der Waals surface area contributed by atoms with E-state index in [4.69, 9.17) is 10.5 Å². The molecule has 0 saturated carbocycles. The lowest BCUT2D eigenvalue weighted by atomic mass is 10.1. The molecular formula is C18H24N4O2. The average Bonchev–Trinajstić information content (AvgIpc) is 2.58. The highest BCUT2D eigenvalue weighted by atomic mass is 16.5. The Hall–Kier alpha value is -2.63. The molecule has 0 spiro atoms. The van der Waals surface area contributed by atoms with E-state index in [1.54, 1.807) is 20.2 Å². The standard InChI is InChI=1S/C18H24N4O2/c1-4-5-6-11-24-14-9-7-13(8-10-14)15-12-16(17(23)22(2)3)21-18(19)20-15/h7-10,12H,4-6,11H2,1-3H3,(H2,19,20,21). The van der Waals surface area contributed by atoms with Crippen molar-refractivity contribution in [2.75, 3.05) is 26.4 Å². The molecule has 128 valence electrons. The summed E-state index contributed by atoms with van der Waals surface area (Å²) >= 11 is 0. The van der Waals surface area contributed by atoms with Crippen LogP contribution in [0, 0.1) is 0 Å². The van der Waals surface area contributed by atoms with Crippen LogP contribution in [0.15, 0.2) is 30.3 Å². The van der Waals surface area contributed by atoms with E-state index in [1.807, 2.05) is 24.3 Å².